The lowest BCUT2D eigenvalue weighted by Crippen LogP contribution is -2.57. The third-order valence-corrected chi connectivity index (χ3v) is 12.0. The molecule has 10 rings (SSSR count). The number of piperidine rings is 1. The Morgan fingerprint density at radius 3 is 2.53 bits per heavy atom. The van der Waals surface area contributed by atoms with E-state index in [0.717, 1.165) is 38.8 Å². The second kappa shape index (κ2) is 15.2. The number of anilines is 1. The van der Waals surface area contributed by atoms with Gasteiger partial charge in [-0.15, -0.1) is 0 Å². The number of nitrogens with one attached hydrogen (secondary N) is 1. The van der Waals surface area contributed by atoms with E-state index in [1.54, 1.807) is 0 Å². The Labute approximate surface area is 336 Å². The van der Waals surface area contributed by atoms with Gasteiger partial charge in [0.15, 0.2) is 5.82 Å². The second-order valence-electron chi connectivity index (χ2n) is 16.0. The maximum Gasteiger partial charge on any atom is 0.519 e. The summed E-state index contributed by atoms with van der Waals surface area (Å²) in [5.41, 5.74) is -0.981. The summed E-state index contributed by atoms with van der Waals surface area (Å²) in [5, 5.41) is 15.1. The van der Waals surface area contributed by atoms with Crippen molar-refractivity contribution >= 4 is 45.4 Å². The number of benzene rings is 3. The van der Waals surface area contributed by atoms with Crippen LogP contribution in [0.5, 0.6) is 17.5 Å². The van der Waals surface area contributed by atoms with E-state index in [2.05, 4.69) is 20.2 Å². The van der Waals surface area contributed by atoms with Gasteiger partial charge in [0.1, 0.15) is 41.0 Å². The number of nitro benzene ring substituents is 1. The van der Waals surface area contributed by atoms with E-state index in [1.165, 1.54) is 54.7 Å². The number of carbonyl (C=O) groups excluding carboxylic acids is 2. The Bertz CT molecular complexity index is 2500. The van der Waals surface area contributed by atoms with E-state index < -0.39 is 34.3 Å². The number of non-ortho nitro benzene ring substituents is 1. The molecule has 6 bridgehead atoms. The standard InChI is InChI=1S/C42H41F2N7O8/c1-41-13-3-16-49(23-41)37-31-22-45-35(34(44)36(31)46-38(47-37)57-24-42-14-4-17-50(42)18-5-15-42)30-21-28(59-40(53)58-27-10-8-26(9-11-27)51(54)55)20-25-7-12-32(43)29(33(25)30)6-2-19-56-39(52)48-41/h7-12,20-22H,2-6,13-19,23-24H2,1H3,(H,48,52). The first-order valence-corrected chi connectivity index (χ1v) is 19.8. The van der Waals surface area contributed by atoms with Crippen molar-refractivity contribution in [3.05, 3.63) is 82.0 Å². The van der Waals surface area contributed by atoms with Crippen molar-refractivity contribution in [2.24, 2.45) is 0 Å². The highest BCUT2D eigenvalue weighted by molar-refractivity contribution is 6.02. The third-order valence-electron chi connectivity index (χ3n) is 12.0. The van der Waals surface area contributed by atoms with E-state index in [0.29, 0.717) is 54.5 Å². The van der Waals surface area contributed by atoms with Crippen molar-refractivity contribution in [2.75, 3.05) is 44.3 Å². The fraction of sp³-hybridized carbons (Fsp3) is 0.405. The summed E-state index contributed by atoms with van der Waals surface area (Å²) in [5.74, 6) is -1.08. The molecule has 1 atom stereocenters. The van der Waals surface area contributed by atoms with Crippen molar-refractivity contribution in [1.29, 1.82) is 0 Å². The van der Waals surface area contributed by atoms with Gasteiger partial charge >= 0.3 is 18.3 Å². The van der Waals surface area contributed by atoms with Crippen molar-refractivity contribution in [1.82, 2.24) is 25.2 Å². The molecule has 15 nitrogen and oxygen atoms in total. The van der Waals surface area contributed by atoms with Gasteiger partial charge in [0.05, 0.1) is 28.0 Å². The molecular weight excluding hydrogens is 768 g/mol. The Morgan fingerprint density at radius 2 is 1.75 bits per heavy atom. The first-order chi connectivity index (χ1) is 28.5. The van der Waals surface area contributed by atoms with Crippen LogP contribution in [0.15, 0.2) is 54.7 Å². The molecule has 7 heterocycles. The molecule has 0 saturated carbocycles. The Hall–Kier alpha value is -6.23. The lowest BCUT2D eigenvalue weighted by atomic mass is 9.91. The smallest absolute Gasteiger partial charge is 0.461 e. The number of aromatic nitrogens is 3. The van der Waals surface area contributed by atoms with Gasteiger partial charge in [-0.3, -0.25) is 20.0 Å². The fourth-order valence-electron chi connectivity index (χ4n) is 9.22. The molecule has 3 aromatic carbocycles. The highest BCUT2D eigenvalue weighted by Crippen LogP contribution is 2.42. The average molecular weight is 810 g/mol. The minimum Gasteiger partial charge on any atom is -0.461 e. The number of nitro groups is 1. The summed E-state index contributed by atoms with van der Waals surface area (Å²) in [4.78, 5) is 55.3. The first kappa shape index (κ1) is 38.3. The van der Waals surface area contributed by atoms with Crippen molar-refractivity contribution in [3.8, 4) is 28.8 Å². The van der Waals surface area contributed by atoms with Crippen LogP contribution < -0.4 is 24.4 Å². The molecular formula is C42H41F2N7O8. The van der Waals surface area contributed by atoms with Gasteiger partial charge in [-0.2, -0.15) is 9.97 Å². The zero-order valence-corrected chi connectivity index (χ0v) is 32.3. The summed E-state index contributed by atoms with van der Waals surface area (Å²) in [6.45, 7) is 5.12. The van der Waals surface area contributed by atoms with E-state index in [-0.39, 0.29) is 70.5 Å². The number of pyridine rings is 1. The maximum atomic E-state index is 17.5. The number of hydrogen-bond acceptors (Lipinski definition) is 13. The summed E-state index contributed by atoms with van der Waals surface area (Å²) < 4.78 is 56.3. The van der Waals surface area contributed by atoms with Crippen LogP contribution in [0.3, 0.4) is 0 Å². The molecule has 306 valence electrons. The van der Waals surface area contributed by atoms with Gasteiger partial charge < -0.3 is 29.2 Å². The van der Waals surface area contributed by atoms with Gasteiger partial charge in [-0.05, 0) is 118 Å². The second-order valence-corrected chi connectivity index (χ2v) is 16.0. The summed E-state index contributed by atoms with van der Waals surface area (Å²) in [6, 6.07) is 10.4. The van der Waals surface area contributed by atoms with Crippen LogP contribution in [0.2, 0.25) is 0 Å². The number of nitrogens with zero attached hydrogens (tertiary/aromatic N) is 6. The lowest BCUT2D eigenvalue weighted by molar-refractivity contribution is -0.384. The van der Waals surface area contributed by atoms with Gasteiger partial charge in [0, 0.05) is 37.0 Å². The van der Waals surface area contributed by atoms with E-state index in [9.17, 15) is 19.7 Å². The molecule has 2 aromatic heterocycles. The predicted molar refractivity (Wildman–Crippen MR) is 211 cm³/mol. The van der Waals surface area contributed by atoms with Crippen LogP contribution in [-0.4, -0.2) is 87.5 Å². The SMILES string of the molecule is CC12CCCN(C1)c1nc(OCC34CCCN3CCC4)nc3c(F)c(ncc13)-c1cc(OC(=O)Oc3ccc([N+](=O)[O-])cc3)cc3ccc(F)c(c13)CCCOC(=O)N2. The molecule has 1 N–H and O–H groups in total. The van der Waals surface area contributed by atoms with Crippen LogP contribution in [0, 0.1) is 21.7 Å². The van der Waals surface area contributed by atoms with E-state index in [1.807, 2.05) is 11.8 Å². The number of amides is 1. The molecule has 1 amide bonds. The van der Waals surface area contributed by atoms with Crippen LogP contribution in [0.4, 0.5) is 29.9 Å². The summed E-state index contributed by atoms with van der Waals surface area (Å²) in [6.07, 6.45) is 5.49. The topological polar surface area (TPSA) is 171 Å². The van der Waals surface area contributed by atoms with E-state index in [4.69, 9.17) is 23.9 Å². The van der Waals surface area contributed by atoms with Crippen molar-refractivity contribution < 1.29 is 42.2 Å². The average Bonchev–Trinajstić information content (AvgIpc) is 3.80. The highest BCUT2D eigenvalue weighted by atomic mass is 19.1. The first-order valence-electron chi connectivity index (χ1n) is 19.8. The number of rotatable bonds is 6. The number of halogens is 2. The molecule has 0 spiro atoms. The molecule has 0 aliphatic carbocycles. The van der Waals surface area contributed by atoms with Gasteiger partial charge in [0.2, 0.25) is 0 Å². The quantitative estimate of drug-likeness (QED) is 0.0768. The monoisotopic (exact) mass is 809 g/mol. The van der Waals surface area contributed by atoms with Crippen LogP contribution in [0.1, 0.15) is 57.4 Å². The summed E-state index contributed by atoms with van der Waals surface area (Å²) >= 11 is 0. The van der Waals surface area contributed by atoms with Crippen molar-refractivity contribution in [3.63, 3.8) is 0 Å². The predicted octanol–water partition coefficient (Wildman–Crippen LogP) is 7.65. The minimum absolute atomic E-state index is 0.00287. The number of ether oxygens (including phenoxy) is 4. The van der Waals surface area contributed by atoms with Gasteiger partial charge in [-0.1, -0.05) is 6.07 Å². The Balaban J connectivity index is 1.18. The van der Waals surface area contributed by atoms with E-state index >= 15 is 8.78 Å². The summed E-state index contributed by atoms with van der Waals surface area (Å²) in [7, 11) is 0. The molecule has 0 radical (unpaired) electrons. The molecule has 3 saturated heterocycles. The number of alkyl carbamates (subject to hydrolysis) is 1. The Kier molecular flexibility index (Phi) is 9.85. The van der Waals surface area contributed by atoms with Crippen LogP contribution >= 0.6 is 0 Å². The highest BCUT2D eigenvalue weighted by Gasteiger charge is 2.45. The zero-order valence-electron chi connectivity index (χ0n) is 32.3. The van der Waals surface area contributed by atoms with Crippen LogP contribution in [0.25, 0.3) is 32.9 Å². The van der Waals surface area contributed by atoms with Gasteiger partial charge in [0.25, 0.3) is 5.69 Å². The number of carbonyl (C=O) groups is 2. The molecule has 5 aromatic rings. The normalized spacial score (nSPS) is 20.3. The molecule has 1 unspecified atom stereocenters. The third kappa shape index (κ3) is 7.39. The number of fused-ring (bicyclic) bond motifs is 7. The molecule has 5 aliphatic heterocycles. The molecule has 5 aliphatic rings. The Morgan fingerprint density at radius 1 is 0.983 bits per heavy atom. The van der Waals surface area contributed by atoms with Crippen molar-refractivity contribution in [2.45, 2.75) is 69.4 Å². The van der Waals surface area contributed by atoms with Gasteiger partial charge in [-0.25, -0.2) is 18.4 Å². The molecule has 17 heteroatoms. The molecule has 59 heavy (non-hydrogen) atoms. The van der Waals surface area contributed by atoms with Crippen LogP contribution in [-0.2, 0) is 11.2 Å². The molecule has 3 fully saturated rings. The zero-order chi connectivity index (χ0) is 40.9. The number of aryl methyl sites for hydroxylation is 1. The largest absolute Gasteiger partial charge is 0.519 e. The minimum atomic E-state index is -1.17. The maximum absolute atomic E-state index is 17.5. The lowest BCUT2D eigenvalue weighted by Gasteiger charge is -2.41. The number of hydrogen-bond donors (Lipinski definition) is 1. The fourth-order valence-corrected chi connectivity index (χ4v) is 9.22.